The molecule has 1 aliphatic rings. The zero-order valence-corrected chi connectivity index (χ0v) is 19.5. The van der Waals surface area contributed by atoms with Crippen molar-refractivity contribution in [2.45, 2.75) is 44.5 Å². The first-order valence-corrected chi connectivity index (χ1v) is 11.2. The van der Waals surface area contributed by atoms with Gasteiger partial charge in [-0.05, 0) is 12.1 Å². The van der Waals surface area contributed by atoms with Crippen LogP contribution >= 0.6 is 11.8 Å². The van der Waals surface area contributed by atoms with Crippen LogP contribution < -0.4 is 9.47 Å². The summed E-state index contributed by atoms with van der Waals surface area (Å²) in [6.45, 7) is 3.73. The number of hydrogen-bond acceptors (Lipinski definition) is 10. The number of nitrogens with zero attached hydrogens (tertiary/aromatic N) is 1. The van der Waals surface area contributed by atoms with Crippen LogP contribution in [0.2, 0.25) is 0 Å². The van der Waals surface area contributed by atoms with Crippen molar-refractivity contribution < 1.29 is 38.1 Å². The minimum absolute atomic E-state index is 0.277. The Bertz CT molecular complexity index is 1010. The van der Waals surface area contributed by atoms with Crippen LogP contribution in [0.5, 0.6) is 11.5 Å². The molecule has 0 radical (unpaired) electrons. The van der Waals surface area contributed by atoms with E-state index in [1.165, 1.54) is 38.7 Å². The number of pyridine rings is 1. The highest BCUT2D eigenvalue weighted by Gasteiger charge is 2.47. The van der Waals surface area contributed by atoms with E-state index in [0.29, 0.717) is 11.5 Å². The molecule has 10 heteroatoms. The van der Waals surface area contributed by atoms with Crippen molar-refractivity contribution in [3.63, 3.8) is 0 Å². The minimum atomic E-state index is -1.02. The van der Waals surface area contributed by atoms with Gasteiger partial charge in [-0.3, -0.25) is 19.4 Å². The van der Waals surface area contributed by atoms with E-state index in [9.17, 15) is 14.4 Å². The van der Waals surface area contributed by atoms with Crippen LogP contribution in [-0.2, 0) is 28.6 Å². The zero-order valence-electron chi connectivity index (χ0n) is 18.7. The molecule has 0 aliphatic carbocycles. The highest BCUT2D eigenvalue weighted by atomic mass is 32.2. The van der Waals surface area contributed by atoms with Crippen molar-refractivity contribution in [1.82, 2.24) is 4.98 Å². The molecule has 0 amide bonds. The van der Waals surface area contributed by atoms with Crippen molar-refractivity contribution >= 4 is 29.7 Å². The Labute approximate surface area is 195 Å². The number of carbonyl (C=O) groups excluding carboxylic acids is 3. The van der Waals surface area contributed by atoms with E-state index >= 15 is 0 Å². The molecule has 2 heterocycles. The normalized spacial score (nSPS) is 22.1. The van der Waals surface area contributed by atoms with Gasteiger partial charge in [0.1, 0.15) is 11.5 Å². The van der Waals surface area contributed by atoms with E-state index < -0.39 is 41.7 Å². The number of hydrogen-bond donors (Lipinski definition) is 0. The Morgan fingerprint density at radius 1 is 0.939 bits per heavy atom. The smallest absolute Gasteiger partial charge is 0.303 e. The summed E-state index contributed by atoms with van der Waals surface area (Å²) in [5.74, 6) is -0.344. The van der Waals surface area contributed by atoms with Gasteiger partial charge in [0, 0.05) is 43.8 Å². The van der Waals surface area contributed by atoms with Gasteiger partial charge in [-0.2, -0.15) is 0 Å². The number of methoxy groups -OCH3 is 1. The molecule has 1 aromatic heterocycles. The molecule has 1 saturated heterocycles. The predicted molar refractivity (Wildman–Crippen MR) is 120 cm³/mol. The predicted octanol–water partition coefficient (Wildman–Crippen LogP) is 3.00. The average Bonchev–Trinajstić information content (AvgIpc) is 2.77. The number of ether oxygens (including phenoxy) is 5. The Morgan fingerprint density at radius 3 is 2.27 bits per heavy atom. The molecule has 176 valence electrons. The number of thioether (sulfide) groups is 1. The second-order valence-electron chi connectivity index (χ2n) is 7.23. The maximum atomic E-state index is 11.8. The fourth-order valence-electron chi connectivity index (χ4n) is 3.46. The summed E-state index contributed by atoms with van der Waals surface area (Å²) in [5, 5.41) is 0. The number of rotatable bonds is 7. The molecular formula is C23H25NO8S. The highest BCUT2D eigenvalue weighted by Crippen LogP contribution is 2.36. The van der Waals surface area contributed by atoms with Crippen LogP contribution in [-0.4, -0.2) is 59.5 Å². The van der Waals surface area contributed by atoms with E-state index in [2.05, 4.69) is 4.98 Å². The van der Waals surface area contributed by atoms with Crippen LogP contribution in [0, 0.1) is 0 Å². The molecule has 1 aromatic carbocycles. The van der Waals surface area contributed by atoms with Crippen LogP contribution in [0.25, 0.3) is 11.1 Å². The van der Waals surface area contributed by atoms with Gasteiger partial charge in [0.05, 0.1) is 13.3 Å². The van der Waals surface area contributed by atoms with Gasteiger partial charge < -0.3 is 23.7 Å². The minimum Gasteiger partial charge on any atom is -0.496 e. The number of esters is 3. The maximum Gasteiger partial charge on any atom is 0.303 e. The molecule has 2 aromatic rings. The summed E-state index contributed by atoms with van der Waals surface area (Å²) in [6.07, 6.45) is 0.388. The Hall–Kier alpha value is -3.27. The summed E-state index contributed by atoms with van der Waals surface area (Å²) in [4.78, 5) is 39.3. The first-order valence-electron chi connectivity index (χ1n) is 10.2. The molecule has 1 fully saturated rings. The van der Waals surface area contributed by atoms with Crippen molar-refractivity contribution in [3.05, 3.63) is 42.7 Å². The van der Waals surface area contributed by atoms with Crippen molar-refractivity contribution in [2.24, 2.45) is 0 Å². The third-order valence-corrected chi connectivity index (χ3v) is 5.90. The van der Waals surface area contributed by atoms with Crippen LogP contribution in [0.4, 0.5) is 0 Å². The molecule has 0 saturated carbocycles. The average molecular weight is 476 g/mol. The van der Waals surface area contributed by atoms with Gasteiger partial charge in [-0.15, -0.1) is 11.8 Å². The SMILES string of the molecule is COc1ccccc1-c1cncc(O[C@@H]2SC[C@@H](OC(C)=O)[C@H](OC(C)=O)[C@H]2OC(C)=O)c1. The highest BCUT2D eigenvalue weighted by molar-refractivity contribution is 7.99. The first kappa shape index (κ1) is 24.4. The summed E-state index contributed by atoms with van der Waals surface area (Å²) in [7, 11) is 1.59. The number of carbonyl (C=O) groups is 3. The molecule has 33 heavy (non-hydrogen) atoms. The van der Waals surface area contributed by atoms with Gasteiger partial charge in [-0.1, -0.05) is 18.2 Å². The molecule has 1 aliphatic heterocycles. The second-order valence-corrected chi connectivity index (χ2v) is 8.36. The van der Waals surface area contributed by atoms with E-state index in [1.54, 1.807) is 19.4 Å². The van der Waals surface area contributed by atoms with Crippen LogP contribution in [0.3, 0.4) is 0 Å². The molecular weight excluding hydrogens is 450 g/mol. The monoisotopic (exact) mass is 475 g/mol. The lowest BCUT2D eigenvalue weighted by Crippen LogP contribution is -2.55. The van der Waals surface area contributed by atoms with Gasteiger partial charge in [0.25, 0.3) is 0 Å². The summed E-state index contributed by atoms with van der Waals surface area (Å²) < 4.78 is 27.7. The first-order chi connectivity index (χ1) is 15.8. The Kier molecular flexibility index (Phi) is 8.16. The fraction of sp³-hybridized carbons (Fsp3) is 0.391. The molecule has 3 rings (SSSR count). The largest absolute Gasteiger partial charge is 0.496 e. The topological polar surface area (TPSA) is 110 Å². The van der Waals surface area contributed by atoms with Gasteiger partial charge in [-0.25, -0.2) is 0 Å². The van der Waals surface area contributed by atoms with Crippen molar-refractivity contribution in [2.75, 3.05) is 12.9 Å². The van der Waals surface area contributed by atoms with E-state index in [4.69, 9.17) is 23.7 Å². The summed E-state index contributed by atoms with van der Waals surface area (Å²) in [5.41, 5.74) is 0.863. The zero-order chi connectivity index (χ0) is 24.0. The Morgan fingerprint density at radius 2 is 1.61 bits per heavy atom. The molecule has 0 N–H and O–H groups in total. The number of para-hydroxylation sites is 1. The fourth-order valence-corrected chi connectivity index (χ4v) is 4.67. The van der Waals surface area contributed by atoms with E-state index in [-0.39, 0.29) is 5.75 Å². The lowest BCUT2D eigenvalue weighted by Gasteiger charge is -2.39. The quantitative estimate of drug-likeness (QED) is 0.438. The lowest BCUT2D eigenvalue weighted by molar-refractivity contribution is -0.186. The van der Waals surface area contributed by atoms with Crippen LogP contribution in [0.15, 0.2) is 42.7 Å². The Balaban J connectivity index is 1.89. The molecule has 4 atom stereocenters. The standard InChI is InChI=1S/C23H25NO8S/c1-13(25)29-20-12-33-23(22(31-15(3)27)21(20)30-14(2)26)32-17-9-16(10-24-11-17)18-7-5-6-8-19(18)28-4/h5-11,20-23H,12H2,1-4H3/t20-,21+,22-,23-/m1/s1. The lowest BCUT2D eigenvalue weighted by atomic mass is 10.1. The van der Waals surface area contributed by atoms with Gasteiger partial charge in [0.15, 0.2) is 23.7 Å². The third kappa shape index (κ3) is 6.38. The number of benzene rings is 1. The molecule has 0 bridgehead atoms. The van der Waals surface area contributed by atoms with E-state index in [0.717, 1.165) is 11.1 Å². The van der Waals surface area contributed by atoms with Crippen LogP contribution in [0.1, 0.15) is 20.8 Å². The summed E-state index contributed by atoms with van der Waals surface area (Å²) >= 11 is 1.28. The van der Waals surface area contributed by atoms with Gasteiger partial charge >= 0.3 is 17.9 Å². The summed E-state index contributed by atoms with van der Waals surface area (Å²) in [6, 6.07) is 9.28. The molecule has 0 spiro atoms. The van der Waals surface area contributed by atoms with Crippen molar-refractivity contribution in [1.29, 1.82) is 0 Å². The van der Waals surface area contributed by atoms with Crippen molar-refractivity contribution in [3.8, 4) is 22.6 Å². The maximum absolute atomic E-state index is 11.8. The molecule has 0 unspecified atom stereocenters. The van der Waals surface area contributed by atoms with Gasteiger partial charge in [0.2, 0.25) is 0 Å². The number of aromatic nitrogens is 1. The third-order valence-electron chi connectivity index (χ3n) is 4.69. The molecule has 9 nitrogen and oxygen atoms in total. The second kappa shape index (κ2) is 11.0. The van der Waals surface area contributed by atoms with E-state index in [1.807, 2.05) is 24.3 Å².